The zero-order chi connectivity index (χ0) is 23.0. The second-order valence-electron chi connectivity index (χ2n) is 7.18. The number of nitrogens with zero attached hydrogens (tertiary/aromatic N) is 3. The van der Waals surface area contributed by atoms with Crippen molar-refractivity contribution in [3.63, 3.8) is 0 Å². The highest BCUT2D eigenvalue weighted by Crippen LogP contribution is 2.20. The number of benzene rings is 2. The summed E-state index contributed by atoms with van der Waals surface area (Å²) in [6.07, 6.45) is 5.92. The molecule has 2 aromatic carbocycles. The van der Waals surface area contributed by atoms with Gasteiger partial charge in [0.05, 0.1) is 0 Å². The van der Waals surface area contributed by atoms with Crippen molar-refractivity contribution in [2.24, 2.45) is 0 Å². The minimum atomic E-state index is -0.379. The molecule has 33 heavy (non-hydrogen) atoms. The van der Waals surface area contributed by atoms with Crippen molar-refractivity contribution >= 4 is 40.8 Å². The fourth-order valence-electron chi connectivity index (χ4n) is 2.97. The zero-order valence-electron chi connectivity index (χ0n) is 17.8. The van der Waals surface area contributed by atoms with Crippen LogP contribution in [0.1, 0.15) is 11.1 Å². The van der Waals surface area contributed by atoms with E-state index in [0.717, 1.165) is 11.3 Å². The normalized spacial score (nSPS) is 10.7. The van der Waals surface area contributed by atoms with E-state index in [1.54, 1.807) is 42.6 Å². The standard InChI is InChI=1S/C25H21FN6O/c1-17-12-13-27-22(14-17)32-24-15-23(28-16-29-24)30-19-7-9-20(10-8-19)31-25(33)11-6-18-4-2-3-5-21(18)26/h2-16H,1H3,(H,31,33)(H2,27,28,29,30,32)/b11-6+. The average Bonchev–Trinajstić information content (AvgIpc) is 2.80. The lowest BCUT2D eigenvalue weighted by molar-refractivity contribution is -0.111. The van der Waals surface area contributed by atoms with Gasteiger partial charge in [-0.25, -0.2) is 19.3 Å². The molecule has 0 saturated heterocycles. The quantitative estimate of drug-likeness (QED) is 0.331. The van der Waals surface area contributed by atoms with Gasteiger partial charge in [-0.1, -0.05) is 18.2 Å². The monoisotopic (exact) mass is 440 g/mol. The molecular weight excluding hydrogens is 419 g/mol. The molecule has 7 nitrogen and oxygen atoms in total. The van der Waals surface area contributed by atoms with Crippen LogP contribution in [-0.2, 0) is 4.79 Å². The van der Waals surface area contributed by atoms with Gasteiger partial charge in [0.25, 0.3) is 0 Å². The third kappa shape index (κ3) is 6.20. The summed E-state index contributed by atoms with van der Waals surface area (Å²) in [4.78, 5) is 24.8. The molecule has 4 rings (SSSR count). The van der Waals surface area contributed by atoms with Crippen LogP contribution in [0.2, 0.25) is 0 Å². The van der Waals surface area contributed by atoms with Gasteiger partial charge >= 0.3 is 0 Å². The minimum absolute atomic E-state index is 0.351. The number of halogens is 1. The van der Waals surface area contributed by atoms with Crippen molar-refractivity contribution in [1.82, 2.24) is 15.0 Å². The van der Waals surface area contributed by atoms with Crippen molar-refractivity contribution in [2.75, 3.05) is 16.0 Å². The van der Waals surface area contributed by atoms with Crippen LogP contribution >= 0.6 is 0 Å². The number of rotatable bonds is 7. The summed E-state index contributed by atoms with van der Waals surface area (Å²) in [5.41, 5.74) is 2.84. The molecule has 0 radical (unpaired) electrons. The molecular formula is C25H21FN6O. The molecule has 0 atom stereocenters. The van der Waals surface area contributed by atoms with Gasteiger partial charge in [-0.05, 0) is 61.0 Å². The first-order chi connectivity index (χ1) is 16.0. The summed E-state index contributed by atoms with van der Waals surface area (Å²) in [6, 6.07) is 19.0. The maximum atomic E-state index is 13.6. The number of amides is 1. The van der Waals surface area contributed by atoms with Gasteiger partial charge < -0.3 is 16.0 Å². The third-order valence-electron chi connectivity index (χ3n) is 4.58. The van der Waals surface area contributed by atoms with Crippen LogP contribution in [0.3, 0.4) is 0 Å². The van der Waals surface area contributed by atoms with E-state index in [1.165, 1.54) is 24.5 Å². The summed E-state index contributed by atoms with van der Waals surface area (Å²) in [5, 5.41) is 9.09. The Hall–Kier alpha value is -4.59. The first kappa shape index (κ1) is 21.6. The molecule has 0 bridgehead atoms. The van der Waals surface area contributed by atoms with Crippen LogP contribution in [0.15, 0.2) is 85.3 Å². The summed E-state index contributed by atoms with van der Waals surface area (Å²) in [5.74, 6) is 1.18. The number of pyridine rings is 1. The Kier molecular flexibility index (Phi) is 6.65. The van der Waals surface area contributed by atoms with Crippen LogP contribution in [0.25, 0.3) is 6.08 Å². The van der Waals surface area contributed by atoms with E-state index in [4.69, 9.17) is 0 Å². The summed E-state index contributed by atoms with van der Waals surface area (Å²) >= 11 is 0. The summed E-state index contributed by atoms with van der Waals surface area (Å²) < 4.78 is 13.6. The van der Waals surface area contributed by atoms with Gasteiger partial charge in [-0.3, -0.25) is 4.79 Å². The van der Waals surface area contributed by atoms with Gasteiger partial charge in [0.2, 0.25) is 5.91 Å². The highest BCUT2D eigenvalue weighted by atomic mass is 19.1. The van der Waals surface area contributed by atoms with Crippen molar-refractivity contribution in [2.45, 2.75) is 6.92 Å². The van der Waals surface area contributed by atoms with Crippen LogP contribution < -0.4 is 16.0 Å². The molecule has 0 saturated carbocycles. The molecule has 0 unspecified atom stereocenters. The van der Waals surface area contributed by atoms with E-state index >= 15 is 0 Å². The largest absolute Gasteiger partial charge is 0.340 e. The Morgan fingerprint density at radius 2 is 1.55 bits per heavy atom. The third-order valence-corrected chi connectivity index (χ3v) is 4.58. The molecule has 0 aliphatic rings. The lowest BCUT2D eigenvalue weighted by atomic mass is 10.2. The molecule has 3 N–H and O–H groups in total. The first-order valence-corrected chi connectivity index (χ1v) is 10.2. The van der Waals surface area contributed by atoms with Crippen molar-refractivity contribution in [1.29, 1.82) is 0 Å². The molecule has 4 aromatic rings. The van der Waals surface area contributed by atoms with E-state index in [1.807, 2.05) is 31.2 Å². The highest BCUT2D eigenvalue weighted by Gasteiger charge is 2.04. The number of hydrogen-bond acceptors (Lipinski definition) is 6. The zero-order valence-corrected chi connectivity index (χ0v) is 17.8. The fraction of sp³-hybridized carbons (Fsp3) is 0.0400. The molecule has 164 valence electrons. The molecule has 2 aromatic heterocycles. The molecule has 8 heteroatoms. The number of nitrogens with one attached hydrogen (secondary N) is 3. The molecule has 0 aliphatic carbocycles. The summed E-state index contributed by atoms with van der Waals surface area (Å²) in [6.45, 7) is 1.99. The Bertz CT molecular complexity index is 1290. The van der Waals surface area contributed by atoms with E-state index in [2.05, 4.69) is 30.9 Å². The molecule has 1 amide bonds. The van der Waals surface area contributed by atoms with Gasteiger partial charge in [0, 0.05) is 35.3 Å². The molecule has 0 aliphatic heterocycles. The van der Waals surface area contributed by atoms with Gasteiger partial charge in [0.1, 0.15) is 29.6 Å². The number of aromatic nitrogens is 3. The van der Waals surface area contributed by atoms with E-state index in [0.29, 0.717) is 28.7 Å². The second-order valence-corrected chi connectivity index (χ2v) is 7.18. The van der Waals surface area contributed by atoms with E-state index in [-0.39, 0.29) is 11.7 Å². The number of hydrogen-bond donors (Lipinski definition) is 3. The Labute approximate surface area is 190 Å². The first-order valence-electron chi connectivity index (χ1n) is 10.2. The Morgan fingerprint density at radius 1 is 0.848 bits per heavy atom. The van der Waals surface area contributed by atoms with Gasteiger partial charge in [0.15, 0.2) is 0 Å². The topological polar surface area (TPSA) is 91.8 Å². The Morgan fingerprint density at radius 3 is 2.30 bits per heavy atom. The van der Waals surface area contributed by atoms with Crippen molar-refractivity contribution in [3.05, 3.63) is 102 Å². The summed E-state index contributed by atoms with van der Waals surface area (Å²) in [7, 11) is 0. The maximum Gasteiger partial charge on any atom is 0.248 e. The van der Waals surface area contributed by atoms with Crippen LogP contribution in [-0.4, -0.2) is 20.9 Å². The van der Waals surface area contributed by atoms with E-state index in [9.17, 15) is 9.18 Å². The van der Waals surface area contributed by atoms with Crippen LogP contribution in [0.4, 0.5) is 33.2 Å². The van der Waals surface area contributed by atoms with Crippen molar-refractivity contribution in [3.8, 4) is 0 Å². The van der Waals surface area contributed by atoms with Gasteiger partial charge in [-0.15, -0.1) is 0 Å². The lowest BCUT2D eigenvalue weighted by Crippen LogP contribution is -2.07. The maximum absolute atomic E-state index is 13.6. The van der Waals surface area contributed by atoms with Crippen LogP contribution in [0.5, 0.6) is 0 Å². The Balaban J connectivity index is 1.36. The molecule has 0 spiro atoms. The number of carbonyl (C=O) groups is 1. The number of carbonyl (C=O) groups excluding carboxylic acids is 1. The number of aryl methyl sites for hydroxylation is 1. The average molecular weight is 440 g/mol. The van der Waals surface area contributed by atoms with E-state index < -0.39 is 0 Å². The van der Waals surface area contributed by atoms with Gasteiger partial charge in [-0.2, -0.15) is 0 Å². The fourth-order valence-corrected chi connectivity index (χ4v) is 2.97. The van der Waals surface area contributed by atoms with Crippen LogP contribution in [0, 0.1) is 12.7 Å². The predicted octanol–water partition coefficient (Wildman–Crippen LogP) is 5.46. The lowest BCUT2D eigenvalue weighted by Gasteiger charge is -2.09. The number of anilines is 5. The van der Waals surface area contributed by atoms with Crippen molar-refractivity contribution < 1.29 is 9.18 Å². The second kappa shape index (κ2) is 10.1. The minimum Gasteiger partial charge on any atom is -0.340 e. The molecule has 0 fully saturated rings. The predicted molar refractivity (Wildman–Crippen MR) is 128 cm³/mol. The smallest absolute Gasteiger partial charge is 0.248 e. The highest BCUT2D eigenvalue weighted by molar-refractivity contribution is 6.02. The SMILES string of the molecule is Cc1ccnc(Nc2cc(Nc3ccc(NC(=O)/C=C/c4ccccc4F)cc3)ncn2)c1. The molecule has 2 heterocycles.